The summed E-state index contributed by atoms with van der Waals surface area (Å²) in [7, 11) is 1.62. The number of benzene rings is 1. The number of hydrogen-bond donors (Lipinski definition) is 2. The second-order valence-corrected chi connectivity index (χ2v) is 5.28. The minimum atomic E-state index is -0.232. The van der Waals surface area contributed by atoms with Crippen molar-refractivity contribution in [2.24, 2.45) is 0 Å². The molecule has 104 valence electrons. The molecule has 0 spiro atoms. The molecule has 1 fully saturated rings. The maximum atomic E-state index is 11.8. The average Bonchev–Trinajstić information content (AvgIpc) is 3.20. The molecule has 0 heterocycles. The van der Waals surface area contributed by atoms with Gasteiger partial charge in [-0.05, 0) is 38.0 Å². The molecule has 0 aromatic heterocycles. The second-order valence-electron chi connectivity index (χ2n) is 4.84. The molecular weight excluding hydrogens is 264 g/mol. The summed E-state index contributed by atoms with van der Waals surface area (Å²) in [6.07, 6.45) is 2.20. The van der Waals surface area contributed by atoms with Crippen LogP contribution < -0.4 is 15.4 Å². The lowest BCUT2D eigenvalue weighted by atomic mass is 10.2. The maximum Gasteiger partial charge on any atom is 0.237 e. The second kappa shape index (κ2) is 6.26. The summed E-state index contributed by atoms with van der Waals surface area (Å²) < 4.78 is 5.27. The number of nitrogens with one attached hydrogen (secondary N) is 2. The summed E-state index contributed by atoms with van der Waals surface area (Å²) in [5, 5.41) is 6.81. The fourth-order valence-corrected chi connectivity index (χ4v) is 1.99. The highest BCUT2D eigenvalue weighted by atomic mass is 35.5. The van der Waals surface area contributed by atoms with Gasteiger partial charge in [0.05, 0.1) is 13.2 Å². The number of ether oxygens (including phenoxy) is 1. The number of carbonyl (C=O) groups excluding carboxylic acids is 1. The molecule has 1 unspecified atom stereocenters. The van der Waals surface area contributed by atoms with Crippen LogP contribution in [0.3, 0.4) is 0 Å². The van der Waals surface area contributed by atoms with Crippen molar-refractivity contribution in [1.29, 1.82) is 0 Å². The van der Waals surface area contributed by atoms with Crippen molar-refractivity contribution in [3.63, 3.8) is 0 Å². The first-order valence-corrected chi connectivity index (χ1v) is 6.84. The van der Waals surface area contributed by atoms with E-state index in [1.165, 1.54) is 0 Å². The van der Waals surface area contributed by atoms with Crippen LogP contribution >= 0.6 is 11.6 Å². The molecule has 19 heavy (non-hydrogen) atoms. The molecule has 1 aliphatic rings. The molecule has 2 N–H and O–H groups in total. The van der Waals surface area contributed by atoms with E-state index in [2.05, 4.69) is 10.6 Å². The van der Waals surface area contributed by atoms with Gasteiger partial charge in [-0.3, -0.25) is 4.79 Å². The minimum Gasteiger partial charge on any atom is -0.496 e. The van der Waals surface area contributed by atoms with Crippen LogP contribution in [0.1, 0.15) is 25.3 Å². The topological polar surface area (TPSA) is 50.4 Å². The summed E-state index contributed by atoms with van der Waals surface area (Å²) in [6.45, 7) is 2.40. The number of amides is 1. The summed E-state index contributed by atoms with van der Waals surface area (Å²) in [5.74, 6) is 0.815. The van der Waals surface area contributed by atoms with Crippen molar-refractivity contribution in [1.82, 2.24) is 10.6 Å². The molecule has 0 aliphatic heterocycles. The first kappa shape index (κ1) is 14.2. The first-order valence-electron chi connectivity index (χ1n) is 6.46. The Balaban J connectivity index is 1.89. The van der Waals surface area contributed by atoms with Gasteiger partial charge in [-0.1, -0.05) is 11.6 Å². The highest BCUT2D eigenvalue weighted by Crippen LogP contribution is 2.22. The molecule has 1 amide bonds. The Morgan fingerprint density at radius 1 is 1.53 bits per heavy atom. The van der Waals surface area contributed by atoms with Crippen molar-refractivity contribution in [3.8, 4) is 5.75 Å². The van der Waals surface area contributed by atoms with E-state index in [1.54, 1.807) is 13.2 Å². The Bertz CT molecular complexity index is 461. The summed E-state index contributed by atoms with van der Waals surface area (Å²) in [6, 6.07) is 5.61. The van der Waals surface area contributed by atoms with Gasteiger partial charge in [0.1, 0.15) is 5.75 Å². The van der Waals surface area contributed by atoms with E-state index >= 15 is 0 Å². The van der Waals surface area contributed by atoms with Crippen molar-refractivity contribution in [3.05, 3.63) is 28.8 Å². The predicted molar refractivity (Wildman–Crippen MR) is 75.5 cm³/mol. The van der Waals surface area contributed by atoms with E-state index in [-0.39, 0.29) is 11.9 Å². The Hall–Kier alpha value is -1.26. The smallest absolute Gasteiger partial charge is 0.237 e. The Labute approximate surface area is 118 Å². The summed E-state index contributed by atoms with van der Waals surface area (Å²) >= 11 is 5.97. The standard InChI is InChI=1S/C14H19ClN2O2/c1-9(14(18)17-12-4-5-12)16-8-10-7-11(15)3-6-13(10)19-2/h3,6-7,9,12,16H,4-5,8H2,1-2H3,(H,17,18). The van der Waals surface area contributed by atoms with Gasteiger partial charge in [0, 0.05) is 23.2 Å². The largest absolute Gasteiger partial charge is 0.496 e. The first-order chi connectivity index (χ1) is 9.10. The van der Waals surface area contributed by atoms with Gasteiger partial charge in [-0.2, -0.15) is 0 Å². The van der Waals surface area contributed by atoms with Gasteiger partial charge in [0.2, 0.25) is 5.91 Å². The number of halogens is 1. The van der Waals surface area contributed by atoms with Crippen LogP contribution in [0.2, 0.25) is 5.02 Å². The van der Waals surface area contributed by atoms with E-state index in [1.807, 2.05) is 19.1 Å². The van der Waals surface area contributed by atoms with Crippen LogP contribution in [0, 0.1) is 0 Å². The quantitative estimate of drug-likeness (QED) is 0.840. The van der Waals surface area contributed by atoms with Gasteiger partial charge in [-0.15, -0.1) is 0 Å². The molecule has 2 rings (SSSR count). The van der Waals surface area contributed by atoms with Crippen molar-refractivity contribution < 1.29 is 9.53 Å². The van der Waals surface area contributed by atoms with E-state index in [0.29, 0.717) is 17.6 Å². The van der Waals surface area contributed by atoms with Crippen LogP contribution in [0.15, 0.2) is 18.2 Å². The van der Waals surface area contributed by atoms with E-state index in [4.69, 9.17) is 16.3 Å². The zero-order chi connectivity index (χ0) is 13.8. The zero-order valence-electron chi connectivity index (χ0n) is 11.2. The van der Waals surface area contributed by atoms with Gasteiger partial charge < -0.3 is 15.4 Å². The predicted octanol–water partition coefficient (Wildman–Crippen LogP) is 2.11. The van der Waals surface area contributed by atoms with E-state index in [0.717, 1.165) is 24.2 Å². The van der Waals surface area contributed by atoms with Crippen LogP contribution in [-0.4, -0.2) is 25.1 Å². The zero-order valence-corrected chi connectivity index (χ0v) is 12.0. The van der Waals surface area contributed by atoms with Crippen LogP contribution in [0.5, 0.6) is 5.75 Å². The normalized spacial score (nSPS) is 15.9. The monoisotopic (exact) mass is 282 g/mol. The molecule has 4 nitrogen and oxygen atoms in total. The Kier molecular flexibility index (Phi) is 4.66. The fraction of sp³-hybridized carbons (Fsp3) is 0.500. The lowest BCUT2D eigenvalue weighted by Gasteiger charge is -2.15. The number of hydrogen-bond acceptors (Lipinski definition) is 3. The van der Waals surface area contributed by atoms with Crippen molar-refractivity contribution in [2.75, 3.05) is 7.11 Å². The number of carbonyl (C=O) groups is 1. The van der Waals surface area contributed by atoms with E-state index in [9.17, 15) is 4.79 Å². The van der Waals surface area contributed by atoms with Gasteiger partial charge >= 0.3 is 0 Å². The van der Waals surface area contributed by atoms with Crippen molar-refractivity contribution in [2.45, 2.75) is 38.4 Å². The highest BCUT2D eigenvalue weighted by molar-refractivity contribution is 6.30. The molecule has 0 bridgehead atoms. The lowest BCUT2D eigenvalue weighted by Crippen LogP contribution is -2.42. The van der Waals surface area contributed by atoms with Crippen LogP contribution in [-0.2, 0) is 11.3 Å². The molecule has 0 saturated heterocycles. The molecule has 1 atom stereocenters. The fourth-order valence-electron chi connectivity index (χ4n) is 1.79. The molecule has 1 aliphatic carbocycles. The highest BCUT2D eigenvalue weighted by Gasteiger charge is 2.25. The maximum absolute atomic E-state index is 11.8. The number of rotatable bonds is 6. The SMILES string of the molecule is COc1ccc(Cl)cc1CNC(C)C(=O)NC1CC1. The van der Waals surface area contributed by atoms with E-state index < -0.39 is 0 Å². The molecular formula is C14H19ClN2O2. The molecule has 1 saturated carbocycles. The van der Waals surface area contributed by atoms with Crippen LogP contribution in [0.25, 0.3) is 0 Å². The molecule has 1 aromatic carbocycles. The number of methoxy groups -OCH3 is 1. The third-order valence-corrected chi connectivity index (χ3v) is 3.39. The van der Waals surface area contributed by atoms with Gasteiger partial charge in [0.15, 0.2) is 0 Å². The van der Waals surface area contributed by atoms with Crippen molar-refractivity contribution >= 4 is 17.5 Å². The van der Waals surface area contributed by atoms with Gasteiger partial charge in [0.25, 0.3) is 0 Å². The Morgan fingerprint density at radius 2 is 2.26 bits per heavy atom. The summed E-state index contributed by atoms with van der Waals surface area (Å²) in [5.41, 5.74) is 0.945. The average molecular weight is 283 g/mol. The Morgan fingerprint density at radius 3 is 2.89 bits per heavy atom. The molecule has 0 radical (unpaired) electrons. The third-order valence-electron chi connectivity index (χ3n) is 3.16. The summed E-state index contributed by atoms with van der Waals surface area (Å²) in [4.78, 5) is 11.8. The third kappa shape index (κ3) is 4.11. The lowest BCUT2D eigenvalue weighted by molar-refractivity contribution is -0.122. The van der Waals surface area contributed by atoms with Crippen LogP contribution in [0.4, 0.5) is 0 Å². The van der Waals surface area contributed by atoms with Gasteiger partial charge in [-0.25, -0.2) is 0 Å². The molecule has 1 aromatic rings. The molecule has 5 heteroatoms. The minimum absolute atomic E-state index is 0.0449.